The van der Waals surface area contributed by atoms with Crippen molar-refractivity contribution in [2.75, 3.05) is 66.0 Å². The minimum absolute atomic E-state index is 0.332. The SMILES string of the molecule is C[NH+](CC1CCCCC1)CC1CC(C[C@@H]2C[NH2+]CC[C@H]2CC(=O)N2CCN(C3CCCC[NH2+]3)CC2)NO1. The van der Waals surface area contributed by atoms with Gasteiger partial charge in [-0.1, -0.05) is 19.3 Å². The number of piperazine rings is 1. The summed E-state index contributed by atoms with van der Waals surface area (Å²) in [6.07, 6.45) is 16.4. The fraction of sp³-hybridized carbons (Fsp3) is 0.966. The number of amides is 1. The number of nitrogens with zero attached hydrogens (tertiary/aromatic N) is 2. The van der Waals surface area contributed by atoms with Crippen LogP contribution in [0.2, 0.25) is 0 Å². The molecule has 5 aliphatic rings. The van der Waals surface area contributed by atoms with Crippen LogP contribution in [-0.2, 0) is 9.63 Å². The number of carbonyl (C=O) groups is 1. The number of nitrogens with one attached hydrogen (secondary N) is 2. The van der Waals surface area contributed by atoms with Crippen LogP contribution in [0.15, 0.2) is 0 Å². The number of hydrogen-bond acceptors (Lipinski definition) is 4. The summed E-state index contributed by atoms with van der Waals surface area (Å²) < 4.78 is 0. The van der Waals surface area contributed by atoms with Gasteiger partial charge in [0.2, 0.25) is 5.91 Å². The van der Waals surface area contributed by atoms with Gasteiger partial charge in [-0.05, 0) is 44.4 Å². The molecule has 4 saturated heterocycles. The molecule has 4 unspecified atom stereocenters. The lowest BCUT2D eigenvalue weighted by Gasteiger charge is -2.40. The zero-order chi connectivity index (χ0) is 25.5. The Kier molecular flexibility index (Phi) is 10.5. The van der Waals surface area contributed by atoms with Crippen molar-refractivity contribution in [1.29, 1.82) is 0 Å². The molecule has 5 rings (SSSR count). The van der Waals surface area contributed by atoms with E-state index in [1.807, 2.05) is 0 Å². The molecule has 0 aromatic heterocycles. The minimum atomic E-state index is 0.332. The fourth-order valence-corrected chi connectivity index (χ4v) is 8.16. The summed E-state index contributed by atoms with van der Waals surface area (Å²) in [6, 6.07) is 0.442. The molecule has 1 saturated carbocycles. The molecule has 212 valence electrons. The smallest absolute Gasteiger partial charge is 0.222 e. The van der Waals surface area contributed by atoms with Gasteiger partial charge < -0.3 is 20.4 Å². The van der Waals surface area contributed by atoms with Crippen LogP contribution < -0.4 is 21.0 Å². The molecule has 37 heavy (non-hydrogen) atoms. The largest absolute Gasteiger partial charge is 0.346 e. The summed E-state index contributed by atoms with van der Waals surface area (Å²) in [7, 11) is 2.36. The molecule has 0 bridgehead atoms. The topological polar surface area (TPSA) is 82.5 Å². The highest BCUT2D eigenvalue weighted by Crippen LogP contribution is 2.29. The van der Waals surface area contributed by atoms with Gasteiger partial charge in [0.25, 0.3) is 0 Å². The second-order valence-corrected chi connectivity index (χ2v) is 13.2. The van der Waals surface area contributed by atoms with Crippen molar-refractivity contribution in [3.63, 3.8) is 0 Å². The number of rotatable bonds is 9. The van der Waals surface area contributed by atoms with Crippen molar-refractivity contribution in [1.82, 2.24) is 15.3 Å². The molecule has 0 aromatic rings. The molecular formula is C29H57N6O2+3. The van der Waals surface area contributed by atoms with Gasteiger partial charge in [-0.25, -0.2) is 0 Å². The van der Waals surface area contributed by atoms with E-state index < -0.39 is 0 Å². The zero-order valence-corrected chi connectivity index (χ0v) is 23.7. The van der Waals surface area contributed by atoms with Gasteiger partial charge in [-0.3, -0.25) is 14.5 Å². The molecular weight excluding hydrogens is 464 g/mol. The molecule has 6 atom stereocenters. The Morgan fingerprint density at radius 3 is 2.54 bits per heavy atom. The number of carbonyl (C=O) groups excluding carboxylic acids is 1. The first kappa shape index (κ1) is 27.8. The third-order valence-electron chi connectivity index (χ3n) is 10.3. The Morgan fingerprint density at radius 2 is 1.76 bits per heavy atom. The number of nitrogens with two attached hydrogens (primary N) is 2. The number of hydroxylamine groups is 1. The summed E-state index contributed by atoms with van der Waals surface area (Å²) in [5.41, 5.74) is 3.41. The molecule has 1 aliphatic carbocycles. The van der Waals surface area contributed by atoms with E-state index in [0.717, 1.165) is 57.9 Å². The third kappa shape index (κ3) is 8.12. The Bertz CT molecular complexity index is 690. The summed E-state index contributed by atoms with van der Waals surface area (Å²) in [4.78, 5) is 25.8. The van der Waals surface area contributed by atoms with E-state index in [2.05, 4.69) is 33.0 Å². The van der Waals surface area contributed by atoms with E-state index >= 15 is 0 Å². The predicted octanol–water partition coefficient (Wildman–Crippen LogP) is -1.06. The highest BCUT2D eigenvalue weighted by Gasteiger charge is 2.37. The number of piperidine rings is 2. The average molecular weight is 522 g/mol. The number of hydrogen-bond donors (Lipinski definition) is 4. The third-order valence-corrected chi connectivity index (χ3v) is 10.3. The molecule has 5 fully saturated rings. The normalized spacial score (nSPS) is 35.5. The lowest BCUT2D eigenvalue weighted by Crippen LogP contribution is -3.10. The number of quaternary nitrogens is 3. The maximum Gasteiger partial charge on any atom is 0.222 e. The van der Waals surface area contributed by atoms with Crippen LogP contribution in [-0.4, -0.2) is 100.0 Å². The van der Waals surface area contributed by atoms with E-state index in [4.69, 9.17) is 4.84 Å². The van der Waals surface area contributed by atoms with Gasteiger partial charge in [0.1, 0.15) is 18.8 Å². The molecule has 4 aliphatic heterocycles. The van der Waals surface area contributed by atoms with Crippen molar-refractivity contribution >= 4 is 5.91 Å². The van der Waals surface area contributed by atoms with Crippen molar-refractivity contribution in [2.45, 2.75) is 95.4 Å². The van der Waals surface area contributed by atoms with E-state index in [-0.39, 0.29) is 0 Å². The molecule has 8 heteroatoms. The lowest BCUT2D eigenvalue weighted by atomic mass is 9.79. The monoisotopic (exact) mass is 521 g/mol. The van der Waals surface area contributed by atoms with Gasteiger partial charge in [0.05, 0.1) is 33.2 Å². The first-order chi connectivity index (χ1) is 18.1. The molecule has 0 spiro atoms. The zero-order valence-electron chi connectivity index (χ0n) is 23.7. The van der Waals surface area contributed by atoms with Crippen LogP contribution in [0.25, 0.3) is 0 Å². The summed E-state index contributed by atoms with van der Waals surface area (Å²) in [6.45, 7) is 9.97. The molecule has 4 heterocycles. The summed E-state index contributed by atoms with van der Waals surface area (Å²) >= 11 is 0. The van der Waals surface area contributed by atoms with Crippen LogP contribution in [0.4, 0.5) is 0 Å². The first-order valence-electron chi connectivity index (χ1n) is 16.0. The van der Waals surface area contributed by atoms with Gasteiger partial charge >= 0.3 is 0 Å². The second-order valence-electron chi connectivity index (χ2n) is 13.2. The van der Waals surface area contributed by atoms with Crippen LogP contribution >= 0.6 is 0 Å². The first-order valence-corrected chi connectivity index (χ1v) is 16.0. The van der Waals surface area contributed by atoms with Crippen LogP contribution in [0.3, 0.4) is 0 Å². The van der Waals surface area contributed by atoms with Crippen LogP contribution in [0, 0.1) is 17.8 Å². The maximum atomic E-state index is 13.3. The van der Waals surface area contributed by atoms with Gasteiger partial charge in [0, 0.05) is 63.3 Å². The van der Waals surface area contributed by atoms with Crippen LogP contribution in [0.1, 0.15) is 77.0 Å². The van der Waals surface area contributed by atoms with Gasteiger partial charge in [-0.15, -0.1) is 0 Å². The minimum Gasteiger partial charge on any atom is -0.346 e. The van der Waals surface area contributed by atoms with Gasteiger partial charge in [0.15, 0.2) is 0 Å². The highest BCUT2D eigenvalue weighted by molar-refractivity contribution is 5.76. The van der Waals surface area contributed by atoms with Gasteiger partial charge in [-0.2, -0.15) is 5.48 Å². The van der Waals surface area contributed by atoms with E-state index in [1.165, 1.54) is 84.0 Å². The van der Waals surface area contributed by atoms with E-state index in [9.17, 15) is 4.79 Å². The van der Waals surface area contributed by atoms with E-state index in [0.29, 0.717) is 36.1 Å². The molecule has 0 radical (unpaired) electrons. The summed E-state index contributed by atoms with van der Waals surface area (Å²) in [5, 5.41) is 4.99. The molecule has 6 N–H and O–H groups in total. The molecule has 1 amide bonds. The average Bonchev–Trinajstić information content (AvgIpc) is 3.37. The Labute approximate surface area is 225 Å². The second kappa shape index (κ2) is 14.0. The lowest BCUT2D eigenvalue weighted by molar-refractivity contribution is -0.886. The fourth-order valence-electron chi connectivity index (χ4n) is 8.16. The van der Waals surface area contributed by atoms with Crippen LogP contribution in [0.5, 0.6) is 0 Å². The predicted molar refractivity (Wildman–Crippen MR) is 145 cm³/mol. The van der Waals surface area contributed by atoms with Crippen molar-refractivity contribution < 1.29 is 25.2 Å². The standard InChI is InChI=1S/C29H54N6O2/c1-33(21-23-7-3-2-4-8-23)22-27-19-26(32-37-27)17-25-20-30-12-10-24(25)18-29(36)35-15-13-34(14-16-35)28-9-5-6-11-31-28/h23-28,30-32H,2-22H2,1H3/p+3/t24-,25+,26?,27?,28?/m0/s1. The summed E-state index contributed by atoms with van der Waals surface area (Å²) in [5.74, 6) is 2.47. The highest BCUT2D eigenvalue weighted by atomic mass is 16.7. The van der Waals surface area contributed by atoms with Crippen molar-refractivity contribution in [2.24, 2.45) is 17.8 Å². The number of likely N-dealkylation sites (N-methyl/N-ethyl adjacent to an activating group) is 1. The Balaban J connectivity index is 1.03. The maximum absolute atomic E-state index is 13.3. The molecule has 8 nitrogen and oxygen atoms in total. The van der Waals surface area contributed by atoms with Crippen molar-refractivity contribution in [3.8, 4) is 0 Å². The Hall–Kier alpha value is -0.770. The quantitative estimate of drug-likeness (QED) is 0.312. The molecule has 0 aromatic carbocycles. The Morgan fingerprint density at radius 1 is 0.946 bits per heavy atom. The van der Waals surface area contributed by atoms with Crippen molar-refractivity contribution in [3.05, 3.63) is 0 Å². The van der Waals surface area contributed by atoms with E-state index in [1.54, 1.807) is 4.90 Å².